The first-order valence-corrected chi connectivity index (χ1v) is 6.64. The smallest absolute Gasteiger partial charge is 0.326 e. The van der Waals surface area contributed by atoms with Crippen LogP contribution in [0.25, 0.3) is 0 Å². The minimum absolute atomic E-state index is 0.184. The quantitative estimate of drug-likeness (QED) is 0.708. The molecule has 0 aromatic carbocycles. The first-order chi connectivity index (χ1) is 7.65. The van der Waals surface area contributed by atoms with E-state index in [1.54, 1.807) is 11.8 Å². The maximum absolute atomic E-state index is 11.7. The number of carboxylic acid groups (broad SMARTS) is 1. The normalized spacial score (nSPS) is 21.7. The monoisotopic (exact) mass is 247 g/mol. The lowest BCUT2D eigenvalue weighted by Gasteiger charge is -2.16. The molecule has 2 N–H and O–H groups in total. The first kappa shape index (κ1) is 13.3. The van der Waals surface area contributed by atoms with E-state index in [0.717, 1.165) is 5.75 Å². The number of carbonyl (C=O) groups excluding carboxylic acids is 1. The lowest BCUT2D eigenvalue weighted by atomic mass is 10.1. The zero-order valence-electron chi connectivity index (χ0n) is 9.27. The molecule has 6 heteroatoms. The standard InChI is InChI=1S/C10H17NO4S/c1-16-5-3-8(10(13)14)11-9(12)7-2-4-15-6-7/h7-8H,2-6H2,1H3,(H,11,12)(H,13,14)/t7?,8-/m1/s1. The van der Waals surface area contributed by atoms with E-state index < -0.39 is 12.0 Å². The molecule has 1 fully saturated rings. The van der Waals surface area contributed by atoms with Gasteiger partial charge in [-0.25, -0.2) is 4.79 Å². The van der Waals surface area contributed by atoms with Crippen LogP contribution in [0.1, 0.15) is 12.8 Å². The van der Waals surface area contributed by atoms with E-state index in [4.69, 9.17) is 9.84 Å². The number of carbonyl (C=O) groups is 2. The second-order valence-electron chi connectivity index (χ2n) is 3.74. The molecular weight excluding hydrogens is 230 g/mol. The van der Waals surface area contributed by atoms with Gasteiger partial charge in [0.05, 0.1) is 12.5 Å². The minimum atomic E-state index is -0.971. The van der Waals surface area contributed by atoms with Crippen molar-refractivity contribution < 1.29 is 19.4 Å². The van der Waals surface area contributed by atoms with Crippen molar-refractivity contribution >= 4 is 23.6 Å². The molecular formula is C10H17NO4S. The fourth-order valence-corrected chi connectivity index (χ4v) is 2.00. The summed E-state index contributed by atoms with van der Waals surface area (Å²) in [6.07, 6.45) is 3.04. The number of thioether (sulfide) groups is 1. The van der Waals surface area contributed by atoms with Crippen molar-refractivity contribution in [3.8, 4) is 0 Å². The van der Waals surface area contributed by atoms with Crippen LogP contribution in [-0.2, 0) is 14.3 Å². The van der Waals surface area contributed by atoms with E-state index in [2.05, 4.69) is 5.32 Å². The fraction of sp³-hybridized carbons (Fsp3) is 0.800. The minimum Gasteiger partial charge on any atom is -0.480 e. The summed E-state index contributed by atoms with van der Waals surface area (Å²) in [5.74, 6) is -0.637. The van der Waals surface area contributed by atoms with Gasteiger partial charge < -0.3 is 15.2 Å². The SMILES string of the molecule is CSCC[C@@H](NC(=O)C1CCOC1)C(=O)O. The molecule has 2 atom stereocenters. The third-order valence-corrected chi connectivity index (χ3v) is 3.17. The van der Waals surface area contributed by atoms with Crippen LogP contribution in [0.2, 0.25) is 0 Å². The van der Waals surface area contributed by atoms with Crippen molar-refractivity contribution in [2.75, 3.05) is 25.2 Å². The predicted molar refractivity (Wildman–Crippen MR) is 61.5 cm³/mol. The van der Waals surface area contributed by atoms with Crippen LogP contribution in [0, 0.1) is 5.92 Å². The van der Waals surface area contributed by atoms with Crippen molar-refractivity contribution in [2.45, 2.75) is 18.9 Å². The Morgan fingerprint density at radius 3 is 2.88 bits per heavy atom. The number of aliphatic carboxylic acids is 1. The van der Waals surface area contributed by atoms with Gasteiger partial charge in [0.2, 0.25) is 5.91 Å². The van der Waals surface area contributed by atoms with E-state index in [1.165, 1.54) is 0 Å². The van der Waals surface area contributed by atoms with Crippen LogP contribution in [0.15, 0.2) is 0 Å². The van der Waals surface area contributed by atoms with Gasteiger partial charge >= 0.3 is 5.97 Å². The van der Waals surface area contributed by atoms with Gasteiger partial charge in [0.1, 0.15) is 6.04 Å². The van der Waals surface area contributed by atoms with Crippen LogP contribution in [-0.4, -0.2) is 48.2 Å². The Morgan fingerprint density at radius 1 is 1.62 bits per heavy atom. The number of amides is 1. The highest BCUT2D eigenvalue weighted by Gasteiger charge is 2.27. The summed E-state index contributed by atoms with van der Waals surface area (Å²) in [6.45, 7) is 0.987. The molecule has 1 saturated heterocycles. The summed E-state index contributed by atoms with van der Waals surface area (Å²) < 4.78 is 5.09. The molecule has 1 aliphatic rings. The second kappa shape index (κ2) is 6.75. The average Bonchev–Trinajstić information content (AvgIpc) is 2.76. The summed E-state index contributed by atoms with van der Waals surface area (Å²) >= 11 is 1.57. The van der Waals surface area contributed by atoms with Gasteiger partial charge in [0.25, 0.3) is 0 Å². The highest BCUT2D eigenvalue weighted by Crippen LogP contribution is 2.13. The van der Waals surface area contributed by atoms with Crippen molar-refractivity contribution in [1.82, 2.24) is 5.32 Å². The summed E-state index contributed by atoms with van der Waals surface area (Å²) in [4.78, 5) is 22.6. The Labute approximate surface area is 98.9 Å². The van der Waals surface area contributed by atoms with Crippen LogP contribution in [0.5, 0.6) is 0 Å². The molecule has 92 valence electrons. The lowest BCUT2D eigenvalue weighted by molar-refractivity contribution is -0.142. The van der Waals surface area contributed by atoms with Crippen LogP contribution < -0.4 is 5.32 Å². The fourth-order valence-electron chi connectivity index (χ4n) is 1.52. The molecule has 1 amide bonds. The number of hydrogen-bond donors (Lipinski definition) is 2. The topological polar surface area (TPSA) is 75.6 Å². The molecule has 0 aromatic rings. The maximum Gasteiger partial charge on any atom is 0.326 e. The lowest BCUT2D eigenvalue weighted by Crippen LogP contribution is -2.44. The largest absolute Gasteiger partial charge is 0.480 e. The molecule has 0 radical (unpaired) electrons. The van der Waals surface area contributed by atoms with Crippen molar-refractivity contribution in [3.63, 3.8) is 0 Å². The number of rotatable bonds is 6. The molecule has 0 saturated carbocycles. The number of ether oxygens (including phenoxy) is 1. The molecule has 0 bridgehead atoms. The number of nitrogens with one attached hydrogen (secondary N) is 1. The van der Waals surface area contributed by atoms with Crippen LogP contribution in [0.3, 0.4) is 0 Å². The molecule has 1 rings (SSSR count). The van der Waals surface area contributed by atoms with Gasteiger partial charge in [-0.1, -0.05) is 0 Å². The summed E-state index contributed by atoms with van der Waals surface area (Å²) in [5, 5.41) is 11.5. The van der Waals surface area contributed by atoms with Crippen LogP contribution in [0.4, 0.5) is 0 Å². The molecule has 16 heavy (non-hydrogen) atoms. The molecule has 0 aromatic heterocycles. The third-order valence-electron chi connectivity index (χ3n) is 2.53. The summed E-state index contributed by atoms with van der Waals surface area (Å²) in [6, 6.07) is -0.777. The number of hydrogen-bond acceptors (Lipinski definition) is 4. The Bertz CT molecular complexity index is 253. The average molecular weight is 247 g/mol. The molecule has 1 unspecified atom stereocenters. The van der Waals surface area contributed by atoms with Crippen molar-refractivity contribution in [3.05, 3.63) is 0 Å². The molecule has 1 aliphatic heterocycles. The first-order valence-electron chi connectivity index (χ1n) is 5.25. The van der Waals surface area contributed by atoms with Crippen molar-refractivity contribution in [2.24, 2.45) is 5.92 Å². The van der Waals surface area contributed by atoms with E-state index >= 15 is 0 Å². The maximum atomic E-state index is 11.7. The molecule has 1 heterocycles. The molecule has 0 aliphatic carbocycles. The van der Waals surface area contributed by atoms with Gasteiger partial charge in [-0.05, 0) is 24.9 Å². The zero-order valence-corrected chi connectivity index (χ0v) is 10.1. The Kier molecular flexibility index (Phi) is 5.62. The number of carboxylic acids is 1. The van der Waals surface area contributed by atoms with Crippen molar-refractivity contribution in [1.29, 1.82) is 0 Å². The van der Waals surface area contributed by atoms with Gasteiger partial charge in [-0.15, -0.1) is 0 Å². The van der Waals surface area contributed by atoms with E-state index in [0.29, 0.717) is 26.1 Å². The summed E-state index contributed by atoms with van der Waals surface area (Å²) in [7, 11) is 0. The van der Waals surface area contributed by atoms with Gasteiger partial charge in [-0.2, -0.15) is 11.8 Å². The molecule has 5 nitrogen and oxygen atoms in total. The van der Waals surface area contributed by atoms with Crippen LogP contribution >= 0.6 is 11.8 Å². The third kappa shape index (κ3) is 4.02. The van der Waals surface area contributed by atoms with Gasteiger partial charge in [0.15, 0.2) is 0 Å². The Morgan fingerprint density at radius 2 is 2.38 bits per heavy atom. The molecule has 0 spiro atoms. The Hall–Kier alpha value is -0.750. The predicted octanol–water partition coefficient (Wildman–Crippen LogP) is 0.345. The van der Waals surface area contributed by atoms with E-state index in [-0.39, 0.29) is 11.8 Å². The van der Waals surface area contributed by atoms with E-state index in [9.17, 15) is 9.59 Å². The van der Waals surface area contributed by atoms with E-state index in [1.807, 2.05) is 6.26 Å². The second-order valence-corrected chi connectivity index (χ2v) is 4.73. The van der Waals surface area contributed by atoms with Gasteiger partial charge in [0, 0.05) is 6.61 Å². The highest BCUT2D eigenvalue weighted by molar-refractivity contribution is 7.98. The van der Waals surface area contributed by atoms with Gasteiger partial charge in [-0.3, -0.25) is 4.79 Å². The zero-order chi connectivity index (χ0) is 12.0. The highest BCUT2D eigenvalue weighted by atomic mass is 32.2. The Balaban J connectivity index is 2.40. The summed E-state index contributed by atoms with van der Waals surface area (Å²) in [5.41, 5.74) is 0.